The van der Waals surface area contributed by atoms with Crippen LogP contribution in [-0.4, -0.2) is 21.6 Å². The molecule has 0 aliphatic rings. The van der Waals surface area contributed by atoms with Gasteiger partial charge < -0.3 is 21.5 Å². The second-order valence-electron chi connectivity index (χ2n) is 4.19. The van der Waals surface area contributed by atoms with Crippen molar-refractivity contribution in [2.24, 2.45) is 0 Å². The molecule has 0 bridgehead atoms. The molecule has 7 nitrogen and oxygen atoms in total. The monoisotopic (exact) mass is 274 g/mol. The first-order valence-electron chi connectivity index (χ1n) is 6.40. The molecule has 20 heavy (non-hydrogen) atoms. The van der Waals surface area contributed by atoms with Crippen molar-refractivity contribution in [3.8, 4) is 5.75 Å². The molecule has 0 aliphatic heterocycles. The van der Waals surface area contributed by atoms with E-state index in [0.717, 1.165) is 17.7 Å². The molecule has 0 saturated carbocycles. The van der Waals surface area contributed by atoms with Crippen molar-refractivity contribution in [2.45, 2.75) is 19.9 Å². The van der Waals surface area contributed by atoms with Crippen molar-refractivity contribution in [2.75, 3.05) is 23.4 Å². The lowest BCUT2D eigenvalue weighted by atomic mass is 10.2. The van der Waals surface area contributed by atoms with Crippen LogP contribution >= 0.6 is 0 Å². The summed E-state index contributed by atoms with van der Waals surface area (Å²) < 4.78 is 5.68. The SMILES string of the molecule is CCCOc1ccccc1CNc1nc(N)nc(N)n1. The Kier molecular flexibility index (Phi) is 4.54. The van der Waals surface area contributed by atoms with E-state index in [0.29, 0.717) is 19.1 Å². The maximum Gasteiger partial charge on any atom is 0.229 e. The van der Waals surface area contributed by atoms with E-state index in [4.69, 9.17) is 16.2 Å². The van der Waals surface area contributed by atoms with Crippen LogP contribution in [0.5, 0.6) is 5.75 Å². The second kappa shape index (κ2) is 6.55. The zero-order valence-corrected chi connectivity index (χ0v) is 11.3. The Morgan fingerprint density at radius 2 is 1.80 bits per heavy atom. The molecule has 0 atom stereocenters. The Bertz CT molecular complexity index is 554. The Hall–Kier alpha value is -2.57. The lowest BCUT2D eigenvalue weighted by molar-refractivity contribution is 0.314. The fourth-order valence-corrected chi connectivity index (χ4v) is 1.67. The van der Waals surface area contributed by atoms with Crippen LogP contribution in [0, 0.1) is 0 Å². The average molecular weight is 274 g/mol. The van der Waals surface area contributed by atoms with Crippen molar-refractivity contribution < 1.29 is 4.74 Å². The van der Waals surface area contributed by atoms with E-state index in [1.807, 2.05) is 24.3 Å². The number of hydrogen-bond acceptors (Lipinski definition) is 7. The first kappa shape index (κ1) is 13.9. The smallest absolute Gasteiger partial charge is 0.229 e. The van der Waals surface area contributed by atoms with Gasteiger partial charge >= 0.3 is 0 Å². The van der Waals surface area contributed by atoms with Gasteiger partial charge in [-0.2, -0.15) is 15.0 Å². The van der Waals surface area contributed by atoms with Crippen LogP contribution in [0.3, 0.4) is 0 Å². The van der Waals surface area contributed by atoms with Gasteiger partial charge in [-0.1, -0.05) is 25.1 Å². The zero-order valence-electron chi connectivity index (χ0n) is 11.3. The van der Waals surface area contributed by atoms with Crippen LogP contribution in [0.15, 0.2) is 24.3 Å². The molecule has 0 saturated heterocycles. The highest BCUT2D eigenvalue weighted by Gasteiger charge is 2.05. The van der Waals surface area contributed by atoms with Crippen LogP contribution in [0.2, 0.25) is 0 Å². The number of nitrogens with two attached hydrogens (primary N) is 2. The zero-order chi connectivity index (χ0) is 14.4. The fraction of sp³-hybridized carbons (Fsp3) is 0.308. The summed E-state index contributed by atoms with van der Waals surface area (Å²) in [6, 6.07) is 7.80. The summed E-state index contributed by atoms with van der Waals surface area (Å²) in [4.78, 5) is 11.6. The summed E-state index contributed by atoms with van der Waals surface area (Å²) in [5.74, 6) is 1.38. The number of hydrogen-bond donors (Lipinski definition) is 3. The summed E-state index contributed by atoms with van der Waals surface area (Å²) in [6.45, 7) is 3.27. The number of ether oxygens (including phenoxy) is 1. The third-order valence-electron chi connectivity index (χ3n) is 2.54. The van der Waals surface area contributed by atoms with Gasteiger partial charge in [0.25, 0.3) is 0 Å². The van der Waals surface area contributed by atoms with Gasteiger partial charge in [0.1, 0.15) is 5.75 Å². The van der Waals surface area contributed by atoms with Crippen molar-refractivity contribution >= 4 is 17.8 Å². The Labute approximate surface area is 117 Å². The first-order chi connectivity index (χ1) is 9.69. The Balaban J connectivity index is 2.06. The number of anilines is 3. The second-order valence-corrected chi connectivity index (χ2v) is 4.19. The van der Waals surface area contributed by atoms with Crippen LogP contribution in [-0.2, 0) is 6.54 Å². The molecule has 0 fully saturated rings. The minimum absolute atomic E-state index is 0.0931. The maximum atomic E-state index is 5.68. The standard InChI is InChI=1S/C13H18N6O/c1-2-7-20-10-6-4-3-5-9(10)8-16-13-18-11(14)17-12(15)19-13/h3-6H,2,7-8H2,1H3,(H5,14,15,16,17,18,19). The molecule has 7 heteroatoms. The molecule has 1 aromatic heterocycles. The predicted molar refractivity (Wildman–Crippen MR) is 78.2 cm³/mol. The number of para-hydroxylation sites is 1. The molecule has 0 unspecified atom stereocenters. The van der Waals surface area contributed by atoms with Gasteiger partial charge in [-0.05, 0) is 12.5 Å². The number of rotatable bonds is 6. The Morgan fingerprint density at radius 1 is 1.10 bits per heavy atom. The predicted octanol–water partition coefficient (Wildman–Crippen LogP) is 1.44. The van der Waals surface area contributed by atoms with E-state index in [-0.39, 0.29) is 11.9 Å². The van der Waals surface area contributed by atoms with Gasteiger partial charge in [-0.3, -0.25) is 0 Å². The molecule has 0 amide bonds. The summed E-state index contributed by atoms with van der Waals surface area (Å²) in [6.07, 6.45) is 0.961. The van der Waals surface area contributed by atoms with E-state index < -0.39 is 0 Å². The number of nitrogen functional groups attached to an aromatic ring is 2. The lowest BCUT2D eigenvalue weighted by Gasteiger charge is -2.11. The summed E-state index contributed by atoms with van der Waals surface area (Å²) >= 11 is 0. The molecule has 0 radical (unpaired) electrons. The van der Waals surface area contributed by atoms with Crippen molar-refractivity contribution in [1.29, 1.82) is 0 Å². The molecule has 0 spiro atoms. The van der Waals surface area contributed by atoms with Crippen molar-refractivity contribution in [3.63, 3.8) is 0 Å². The highest BCUT2D eigenvalue weighted by Crippen LogP contribution is 2.19. The molecule has 0 aliphatic carbocycles. The number of nitrogens with one attached hydrogen (secondary N) is 1. The quantitative estimate of drug-likeness (QED) is 0.730. The molecule has 1 aromatic carbocycles. The summed E-state index contributed by atoms with van der Waals surface area (Å²) in [5, 5.41) is 3.06. The van der Waals surface area contributed by atoms with Crippen LogP contribution < -0.4 is 21.5 Å². The highest BCUT2D eigenvalue weighted by atomic mass is 16.5. The van der Waals surface area contributed by atoms with Crippen LogP contribution in [0.4, 0.5) is 17.8 Å². The third kappa shape index (κ3) is 3.71. The van der Waals surface area contributed by atoms with Crippen LogP contribution in [0.25, 0.3) is 0 Å². The van der Waals surface area contributed by atoms with E-state index in [1.54, 1.807) is 0 Å². The molecule has 106 valence electrons. The molecule has 5 N–H and O–H groups in total. The summed E-state index contributed by atoms with van der Waals surface area (Å²) in [7, 11) is 0. The fourth-order valence-electron chi connectivity index (χ4n) is 1.67. The molecular formula is C13H18N6O. The minimum atomic E-state index is 0.0931. The van der Waals surface area contributed by atoms with E-state index in [9.17, 15) is 0 Å². The maximum absolute atomic E-state index is 5.68. The molecule has 1 heterocycles. The molecular weight excluding hydrogens is 256 g/mol. The highest BCUT2D eigenvalue weighted by molar-refractivity contribution is 5.40. The number of benzene rings is 1. The third-order valence-corrected chi connectivity index (χ3v) is 2.54. The van der Waals surface area contributed by atoms with Crippen molar-refractivity contribution in [3.05, 3.63) is 29.8 Å². The lowest BCUT2D eigenvalue weighted by Crippen LogP contribution is -2.10. The first-order valence-corrected chi connectivity index (χ1v) is 6.40. The van der Waals surface area contributed by atoms with Crippen LogP contribution in [0.1, 0.15) is 18.9 Å². The van der Waals surface area contributed by atoms with Crippen molar-refractivity contribution in [1.82, 2.24) is 15.0 Å². The average Bonchev–Trinajstić information content (AvgIpc) is 2.43. The van der Waals surface area contributed by atoms with Gasteiger partial charge in [-0.25, -0.2) is 0 Å². The molecule has 2 rings (SSSR count). The Morgan fingerprint density at radius 3 is 2.50 bits per heavy atom. The van der Waals surface area contributed by atoms with Gasteiger partial charge in [0.2, 0.25) is 17.8 Å². The van der Waals surface area contributed by atoms with E-state index >= 15 is 0 Å². The largest absolute Gasteiger partial charge is 0.493 e. The minimum Gasteiger partial charge on any atom is -0.493 e. The number of nitrogens with zero attached hydrogens (tertiary/aromatic N) is 3. The van der Waals surface area contributed by atoms with Gasteiger partial charge in [0.15, 0.2) is 0 Å². The summed E-state index contributed by atoms with van der Waals surface area (Å²) in [5.41, 5.74) is 12.0. The van der Waals surface area contributed by atoms with Gasteiger partial charge in [-0.15, -0.1) is 0 Å². The normalized spacial score (nSPS) is 10.2. The van der Waals surface area contributed by atoms with Gasteiger partial charge in [0.05, 0.1) is 6.61 Å². The van der Waals surface area contributed by atoms with E-state index in [2.05, 4.69) is 27.2 Å². The van der Waals surface area contributed by atoms with Gasteiger partial charge in [0, 0.05) is 12.1 Å². The number of aromatic nitrogens is 3. The van der Waals surface area contributed by atoms with E-state index in [1.165, 1.54) is 0 Å². The topological polar surface area (TPSA) is 112 Å². The molecule has 2 aromatic rings.